The number of hydrogen-bond donors (Lipinski definition) is 0. The third-order valence-corrected chi connectivity index (χ3v) is 3.45. The summed E-state index contributed by atoms with van der Waals surface area (Å²) in [6.45, 7) is 12.5. The molecule has 2 heterocycles. The van der Waals surface area contributed by atoms with Gasteiger partial charge in [0.05, 0.1) is 0 Å². The molecule has 0 saturated carbocycles. The van der Waals surface area contributed by atoms with Crippen LogP contribution < -0.4 is 42.6 Å². The van der Waals surface area contributed by atoms with Crippen LogP contribution in [-0.4, -0.2) is 9.97 Å². The maximum absolute atomic E-state index is 8.49. The second kappa shape index (κ2) is 11.7. The Labute approximate surface area is 162 Å². The molecule has 0 aromatic carbocycles. The first kappa shape index (κ1) is 25.4. The fraction of sp³-hybridized carbons (Fsp3) is 0.375. The first-order valence-electron chi connectivity index (χ1n) is 6.82. The molecule has 0 aliphatic carbocycles. The van der Waals surface area contributed by atoms with E-state index in [0.717, 1.165) is 11.4 Å². The molecule has 0 atom stereocenters. The Balaban J connectivity index is 0. The third kappa shape index (κ3) is 11.7. The number of rotatable bonds is 0. The third-order valence-electron chi connectivity index (χ3n) is 3.45. The van der Waals surface area contributed by atoms with Crippen molar-refractivity contribution in [2.24, 2.45) is 0 Å². The fourth-order valence-electron chi connectivity index (χ4n) is 1.54. The lowest BCUT2D eigenvalue weighted by Gasteiger charge is -2.17. The Bertz CT molecular complexity index is 538. The molecule has 0 amide bonds. The van der Waals surface area contributed by atoms with Crippen LogP contribution >= 0.6 is 0 Å². The van der Waals surface area contributed by atoms with Crippen molar-refractivity contribution in [1.82, 2.24) is 9.97 Å². The van der Waals surface area contributed by atoms with E-state index in [0.29, 0.717) is 0 Å². The number of aromatic nitrogens is 2. The molecule has 0 bridgehead atoms. The quantitative estimate of drug-likeness (QED) is 0.360. The maximum Gasteiger partial charge on any atom is 0.235 e. The summed E-state index contributed by atoms with van der Waals surface area (Å²) >= 11 is 0. The molecular formula is C16H24ClIN2O4. The van der Waals surface area contributed by atoms with Crippen molar-refractivity contribution in [3.05, 3.63) is 58.2 Å². The molecule has 0 radical (unpaired) electrons. The molecular weight excluding hydrogens is 447 g/mol. The predicted octanol–water partition coefficient (Wildman–Crippen LogP) is -4.27. The van der Waals surface area contributed by atoms with E-state index in [1.807, 2.05) is 38.4 Å². The molecule has 0 unspecified atom stereocenters. The molecule has 2 rings (SSSR count). The van der Waals surface area contributed by atoms with Gasteiger partial charge >= 0.3 is 0 Å². The molecule has 0 aliphatic rings. The zero-order valence-electron chi connectivity index (χ0n) is 14.7. The average Bonchev–Trinajstić information content (AvgIpc) is 2.41. The molecule has 8 heteroatoms. The molecule has 2 aromatic heterocycles. The zero-order valence-corrected chi connectivity index (χ0v) is 18.0. The van der Waals surface area contributed by atoms with Gasteiger partial charge in [0.15, 0.2) is 0 Å². The van der Waals surface area contributed by atoms with Gasteiger partial charge in [0.1, 0.15) is 0 Å². The van der Waals surface area contributed by atoms with Crippen LogP contribution in [0, 0.1) is 51.8 Å². The highest BCUT2D eigenvalue weighted by Gasteiger charge is 1.94. The Kier molecular flexibility index (Phi) is 12.3. The highest BCUT2D eigenvalue weighted by Crippen LogP contribution is 2.07. The maximum atomic E-state index is 8.49. The topological polar surface area (TPSA) is 118 Å². The predicted molar refractivity (Wildman–Crippen MR) is 79.7 cm³/mol. The molecule has 0 N–H and O–H groups in total. The number of halogens is 2. The summed E-state index contributed by atoms with van der Waals surface area (Å²) in [4.78, 5) is 8.28. The van der Waals surface area contributed by atoms with Crippen LogP contribution in [0.1, 0.15) is 33.6 Å². The Hall–Kier alpha value is -0.840. The number of hydrogen-bond acceptors (Lipinski definition) is 6. The lowest BCUT2D eigenvalue weighted by Crippen LogP contribution is -3.00. The van der Waals surface area contributed by atoms with Gasteiger partial charge in [0, 0.05) is 23.8 Å². The monoisotopic (exact) mass is 470 g/mol. The Morgan fingerprint density at radius 2 is 0.917 bits per heavy atom. The van der Waals surface area contributed by atoms with E-state index >= 15 is 0 Å². The van der Waals surface area contributed by atoms with Gasteiger partial charge in [-0.2, -0.15) is 0 Å². The minimum atomic E-state index is -4.94. The summed E-state index contributed by atoms with van der Waals surface area (Å²) in [5, 5.41) is 0. The van der Waals surface area contributed by atoms with Crippen LogP contribution in [0.15, 0.2) is 24.5 Å². The summed E-state index contributed by atoms with van der Waals surface area (Å²) in [7, 11) is -4.94. The summed E-state index contributed by atoms with van der Waals surface area (Å²) in [5.41, 5.74) is 7.52. The molecule has 136 valence electrons. The van der Waals surface area contributed by atoms with Crippen LogP contribution in [0.3, 0.4) is 0 Å². The smallest absolute Gasteiger partial charge is 0.235 e. The van der Waals surface area contributed by atoms with Crippen molar-refractivity contribution in [2.45, 2.75) is 41.5 Å². The molecule has 0 fully saturated rings. The zero-order chi connectivity index (χ0) is 18.2. The second-order valence-electron chi connectivity index (χ2n) is 5.05. The van der Waals surface area contributed by atoms with Crippen molar-refractivity contribution in [3.8, 4) is 0 Å². The molecule has 6 nitrogen and oxygen atoms in total. The first-order valence-corrected chi connectivity index (χ1v) is 8.06. The van der Waals surface area contributed by atoms with Gasteiger partial charge in [-0.15, -0.1) is 10.2 Å². The molecule has 0 saturated heterocycles. The lowest BCUT2D eigenvalue weighted by atomic mass is 10.1. The van der Waals surface area contributed by atoms with Gasteiger partial charge in [-0.05, 0) is 75.9 Å². The second-order valence-corrected chi connectivity index (χ2v) is 5.81. The first-order chi connectivity index (χ1) is 10.4. The van der Waals surface area contributed by atoms with E-state index < -0.39 is 10.2 Å². The van der Waals surface area contributed by atoms with Crippen molar-refractivity contribution in [3.63, 3.8) is 0 Å². The van der Waals surface area contributed by atoms with E-state index in [4.69, 9.17) is 18.6 Å². The largest absolute Gasteiger partial charge is 0.261 e. The SMILES string of the molecule is Cc1ccnc(C)c1C.Cc1ccnc(C)c1C.[IH2+].[O-][Cl+3]([O-])([O-])[O-]. The van der Waals surface area contributed by atoms with Gasteiger partial charge in [0.2, 0.25) is 24.0 Å². The van der Waals surface area contributed by atoms with Gasteiger partial charge in [0.25, 0.3) is 0 Å². The minimum absolute atomic E-state index is 0. The molecule has 2 aromatic rings. The molecule has 24 heavy (non-hydrogen) atoms. The number of aryl methyl sites for hydroxylation is 4. The van der Waals surface area contributed by atoms with Crippen molar-refractivity contribution >= 4 is 0 Å². The van der Waals surface area contributed by atoms with Crippen molar-refractivity contribution < 1.29 is 52.9 Å². The number of pyridine rings is 2. The highest BCUT2D eigenvalue weighted by atomic mass is 127. The van der Waals surface area contributed by atoms with E-state index in [1.54, 1.807) is 0 Å². The van der Waals surface area contributed by atoms with E-state index in [1.165, 1.54) is 22.3 Å². The summed E-state index contributed by atoms with van der Waals surface area (Å²) in [6.07, 6.45) is 3.69. The summed E-state index contributed by atoms with van der Waals surface area (Å²) in [6, 6.07) is 4.06. The molecule has 0 spiro atoms. The highest BCUT2D eigenvalue weighted by molar-refractivity contribution is 5.26. The van der Waals surface area contributed by atoms with Gasteiger partial charge in [-0.3, -0.25) is 9.97 Å². The van der Waals surface area contributed by atoms with Crippen LogP contribution in [0.5, 0.6) is 0 Å². The standard InChI is InChI=1S/2C8H11N.ClHO4.H2I/c2*1-6-4-5-9-8(3)7(6)2;2-1(3,4)5;/h2*4-5H,1-3H3;(H,2,3,4,5);1H2/q;;;+1/p-1. The van der Waals surface area contributed by atoms with Crippen molar-refractivity contribution in [2.75, 3.05) is 0 Å². The summed E-state index contributed by atoms with van der Waals surface area (Å²) < 4.78 is 34.0. The fourth-order valence-corrected chi connectivity index (χ4v) is 1.54. The van der Waals surface area contributed by atoms with Crippen LogP contribution in [0.25, 0.3) is 0 Å². The lowest BCUT2D eigenvalue weighted by molar-refractivity contribution is -2.00. The van der Waals surface area contributed by atoms with Gasteiger partial charge in [-0.1, -0.05) is 0 Å². The van der Waals surface area contributed by atoms with E-state index in [9.17, 15) is 0 Å². The Morgan fingerprint density at radius 1 is 0.667 bits per heavy atom. The number of nitrogens with zero attached hydrogens (tertiary/aromatic N) is 2. The van der Waals surface area contributed by atoms with Crippen LogP contribution in [0.2, 0.25) is 0 Å². The van der Waals surface area contributed by atoms with Crippen molar-refractivity contribution in [1.29, 1.82) is 0 Å². The van der Waals surface area contributed by atoms with E-state index in [-0.39, 0.29) is 24.0 Å². The van der Waals surface area contributed by atoms with E-state index in [2.05, 4.69) is 37.7 Å². The van der Waals surface area contributed by atoms with Gasteiger partial charge < -0.3 is 0 Å². The average molecular weight is 471 g/mol. The Morgan fingerprint density at radius 3 is 1.08 bits per heavy atom. The van der Waals surface area contributed by atoms with Crippen LogP contribution in [-0.2, 0) is 0 Å². The van der Waals surface area contributed by atoms with Crippen LogP contribution in [0.4, 0.5) is 0 Å². The normalized spacial score (nSPS) is 9.75. The summed E-state index contributed by atoms with van der Waals surface area (Å²) in [5.74, 6) is 0. The molecule has 0 aliphatic heterocycles. The van der Waals surface area contributed by atoms with Gasteiger partial charge in [-0.25, -0.2) is 18.6 Å². The minimum Gasteiger partial charge on any atom is -0.261 e.